The molecule has 0 aliphatic carbocycles. The molecule has 0 amide bonds. The minimum Gasteiger partial charge on any atom is -0.496 e. The number of likely N-dealkylation sites (N-methyl/N-ethyl adjacent to an activating group) is 1. The number of halogens is 1. The number of aryl methyl sites for hydroxylation is 1. The van der Waals surface area contributed by atoms with Gasteiger partial charge in [0.1, 0.15) is 5.75 Å². The molecule has 2 nitrogen and oxygen atoms in total. The molecule has 0 radical (unpaired) electrons. The summed E-state index contributed by atoms with van der Waals surface area (Å²) in [6, 6.07) is 14.5. The predicted molar refractivity (Wildman–Crippen MR) is 84.7 cm³/mol. The summed E-state index contributed by atoms with van der Waals surface area (Å²) in [4.78, 5) is 0. The topological polar surface area (TPSA) is 21.3 Å². The molecule has 106 valence electrons. The van der Waals surface area contributed by atoms with Crippen LogP contribution in [0.4, 0.5) is 0 Å². The first kappa shape index (κ1) is 14.9. The van der Waals surface area contributed by atoms with Crippen molar-refractivity contribution in [2.45, 2.75) is 19.4 Å². The van der Waals surface area contributed by atoms with Gasteiger partial charge in [-0.3, -0.25) is 0 Å². The standard InChI is InChI=1S/C17H20ClNO/c1-12-10-14(8-9-17(12)20-3)16(19-2)11-13-6-4-5-7-15(13)18/h4-10,16,19H,11H2,1-3H3. The van der Waals surface area contributed by atoms with Crippen molar-refractivity contribution in [1.82, 2.24) is 5.32 Å². The predicted octanol–water partition coefficient (Wildman–Crippen LogP) is 4.16. The van der Waals surface area contributed by atoms with Gasteiger partial charge in [0, 0.05) is 11.1 Å². The van der Waals surface area contributed by atoms with Gasteiger partial charge in [0.05, 0.1) is 7.11 Å². The van der Waals surface area contributed by atoms with E-state index in [9.17, 15) is 0 Å². The second-order valence-electron chi connectivity index (χ2n) is 4.87. The second kappa shape index (κ2) is 6.78. The first-order chi connectivity index (χ1) is 9.65. The summed E-state index contributed by atoms with van der Waals surface area (Å²) in [6.45, 7) is 2.06. The molecular weight excluding hydrogens is 270 g/mol. The van der Waals surface area contributed by atoms with E-state index < -0.39 is 0 Å². The average Bonchev–Trinajstić information content (AvgIpc) is 2.46. The van der Waals surface area contributed by atoms with Crippen molar-refractivity contribution in [3.8, 4) is 5.75 Å². The lowest BCUT2D eigenvalue weighted by Crippen LogP contribution is -2.19. The van der Waals surface area contributed by atoms with Crippen LogP contribution >= 0.6 is 11.6 Å². The van der Waals surface area contributed by atoms with Crippen LogP contribution < -0.4 is 10.1 Å². The Labute approximate surface area is 125 Å². The molecule has 0 fully saturated rings. The van der Waals surface area contributed by atoms with Gasteiger partial charge in [0.2, 0.25) is 0 Å². The minimum atomic E-state index is 0.236. The van der Waals surface area contributed by atoms with E-state index in [1.807, 2.05) is 31.3 Å². The van der Waals surface area contributed by atoms with Crippen LogP contribution in [0.25, 0.3) is 0 Å². The molecule has 0 spiro atoms. The zero-order valence-electron chi connectivity index (χ0n) is 12.1. The highest BCUT2D eigenvalue weighted by Gasteiger charge is 2.13. The summed E-state index contributed by atoms with van der Waals surface area (Å²) < 4.78 is 5.31. The number of hydrogen-bond acceptors (Lipinski definition) is 2. The molecule has 0 saturated carbocycles. The molecule has 1 N–H and O–H groups in total. The Hall–Kier alpha value is -1.51. The van der Waals surface area contributed by atoms with E-state index in [2.05, 4.69) is 30.4 Å². The maximum atomic E-state index is 6.24. The van der Waals surface area contributed by atoms with Gasteiger partial charge in [-0.2, -0.15) is 0 Å². The van der Waals surface area contributed by atoms with Crippen molar-refractivity contribution in [3.05, 3.63) is 64.2 Å². The Bertz CT molecular complexity index is 583. The Morgan fingerprint density at radius 3 is 2.55 bits per heavy atom. The second-order valence-corrected chi connectivity index (χ2v) is 5.27. The molecular formula is C17H20ClNO. The van der Waals surface area contributed by atoms with Gasteiger partial charge >= 0.3 is 0 Å². The smallest absolute Gasteiger partial charge is 0.121 e. The summed E-state index contributed by atoms with van der Waals surface area (Å²) in [7, 11) is 3.67. The molecule has 0 aromatic heterocycles. The van der Waals surface area contributed by atoms with Gasteiger partial charge in [0.15, 0.2) is 0 Å². The summed E-state index contributed by atoms with van der Waals surface area (Å²) in [5, 5.41) is 4.18. The molecule has 1 atom stereocenters. The lowest BCUT2D eigenvalue weighted by molar-refractivity contribution is 0.411. The molecule has 2 aromatic rings. The van der Waals surface area contributed by atoms with Crippen molar-refractivity contribution in [2.24, 2.45) is 0 Å². The summed E-state index contributed by atoms with van der Waals surface area (Å²) in [5.41, 5.74) is 3.54. The lowest BCUT2D eigenvalue weighted by atomic mass is 9.97. The first-order valence-corrected chi connectivity index (χ1v) is 7.08. The number of nitrogens with one attached hydrogen (secondary N) is 1. The maximum Gasteiger partial charge on any atom is 0.121 e. The average molecular weight is 290 g/mol. The highest BCUT2D eigenvalue weighted by atomic mass is 35.5. The summed E-state index contributed by atoms with van der Waals surface area (Å²) >= 11 is 6.24. The van der Waals surface area contributed by atoms with Crippen LogP contribution in [-0.2, 0) is 6.42 Å². The summed E-state index contributed by atoms with van der Waals surface area (Å²) in [5.74, 6) is 0.918. The first-order valence-electron chi connectivity index (χ1n) is 6.71. The molecule has 0 aliphatic heterocycles. The largest absolute Gasteiger partial charge is 0.496 e. The van der Waals surface area contributed by atoms with Crippen LogP contribution in [-0.4, -0.2) is 14.2 Å². The van der Waals surface area contributed by atoms with E-state index in [4.69, 9.17) is 16.3 Å². The maximum absolute atomic E-state index is 6.24. The van der Waals surface area contributed by atoms with E-state index in [1.165, 1.54) is 5.56 Å². The number of benzene rings is 2. The van der Waals surface area contributed by atoms with Crippen LogP contribution in [0.15, 0.2) is 42.5 Å². The van der Waals surface area contributed by atoms with Crippen molar-refractivity contribution < 1.29 is 4.74 Å². The molecule has 3 heteroatoms. The fourth-order valence-corrected chi connectivity index (χ4v) is 2.60. The SMILES string of the molecule is CNC(Cc1ccccc1Cl)c1ccc(OC)c(C)c1. The van der Waals surface area contributed by atoms with Gasteiger partial charge in [-0.05, 0) is 49.2 Å². The van der Waals surface area contributed by atoms with Crippen LogP contribution in [0.3, 0.4) is 0 Å². The monoisotopic (exact) mass is 289 g/mol. The Kier molecular flexibility index (Phi) is 5.05. The normalized spacial score (nSPS) is 12.2. The lowest BCUT2D eigenvalue weighted by Gasteiger charge is -2.19. The number of methoxy groups -OCH3 is 1. The Morgan fingerprint density at radius 2 is 1.95 bits per heavy atom. The van der Waals surface area contributed by atoms with Crippen molar-refractivity contribution in [1.29, 1.82) is 0 Å². The number of hydrogen-bond donors (Lipinski definition) is 1. The van der Waals surface area contributed by atoms with Gasteiger partial charge in [0.25, 0.3) is 0 Å². The highest BCUT2D eigenvalue weighted by molar-refractivity contribution is 6.31. The van der Waals surface area contributed by atoms with Crippen LogP contribution in [0, 0.1) is 6.92 Å². The highest BCUT2D eigenvalue weighted by Crippen LogP contribution is 2.26. The fourth-order valence-electron chi connectivity index (χ4n) is 2.39. The van der Waals surface area contributed by atoms with Gasteiger partial charge in [-0.25, -0.2) is 0 Å². The number of rotatable bonds is 5. The Balaban J connectivity index is 2.24. The molecule has 0 heterocycles. The number of ether oxygens (including phenoxy) is 1. The van der Waals surface area contributed by atoms with Crippen molar-refractivity contribution >= 4 is 11.6 Å². The van der Waals surface area contributed by atoms with E-state index in [0.717, 1.165) is 28.3 Å². The van der Waals surface area contributed by atoms with E-state index in [-0.39, 0.29) is 6.04 Å². The van der Waals surface area contributed by atoms with Gasteiger partial charge in [-0.1, -0.05) is 41.9 Å². The van der Waals surface area contributed by atoms with Gasteiger partial charge < -0.3 is 10.1 Å². The third-order valence-electron chi connectivity index (χ3n) is 3.55. The molecule has 2 aromatic carbocycles. The van der Waals surface area contributed by atoms with E-state index >= 15 is 0 Å². The molecule has 1 unspecified atom stereocenters. The molecule has 2 rings (SSSR count). The quantitative estimate of drug-likeness (QED) is 0.892. The van der Waals surface area contributed by atoms with E-state index in [0.29, 0.717) is 0 Å². The molecule has 0 aliphatic rings. The molecule has 0 bridgehead atoms. The third-order valence-corrected chi connectivity index (χ3v) is 3.92. The van der Waals surface area contributed by atoms with Crippen LogP contribution in [0.2, 0.25) is 5.02 Å². The minimum absolute atomic E-state index is 0.236. The van der Waals surface area contributed by atoms with Crippen LogP contribution in [0.1, 0.15) is 22.7 Å². The molecule has 0 saturated heterocycles. The zero-order valence-corrected chi connectivity index (χ0v) is 12.9. The fraction of sp³-hybridized carbons (Fsp3) is 0.294. The zero-order chi connectivity index (χ0) is 14.5. The molecule has 20 heavy (non-hydrogen) atoms. The Morgan fingerprint density at radius 1 is 1.20 bits per heavy atom. The van der Waals surface area contributed by atoms with Gasteiger partial charge in [-0.15, -0.1) is 0 Å². The van der Waals surface area contributed by atoms with Crippen molar-refractivity contribution in [3.63, 3.8) is 0 Å². The van der Waals surface area contributed by atoms with Crippen LogP contribution in [0.5, 0.6) is 5.75 Å². The van der Waals surface area contributed by atoms with E-state index in [1.54, 1.807) is 7.11 Å². The third kappa shape index (κ3) is 3.33. The van der Waals surface area contributed by atoms with Crippen molar-refractivity contribution in [2.75, 3.05) is 14.2 Å². The summed E-state index contributed by atoms with van der Waals surface area (Å²) in [6.07, 6.45) is 0.863.